The molecule has 5 atom stereocenters. The van der Waals surface area contributed by atoms with Crippen LogP contribution in [0.15, 0.2) is 58.1 Å². The van der Waals surface area contributed by atoms with Gasteiger partial charge in [-0.2, -0.15) is 0 Å². The van der Waals surface area contributed by atoms with Gasteiger partial charge in [-0.3, -0.25) is 14.4 Å². The van der Waals surface area contributed by atoms with Crippen LogP contribution in [0.2, 0.25) is 0 Å². The third kappa shape index (κ3) is 4.39. The number of ether oxygens (including phenoxy) is 2. The second-order valence-corrected chi connectivity index (χ2v) is 9.30. The number of carbonyl (C=O) groups excluding carboxylic acids is 3. The molecule has 1 fully saturated rings. The molecule has 1 N–H and O–H groups in total. The first kappa shape index (κ1) is 24.2. The summed E-state index contributed by atoms with van der Waals surface area (Å²) in [5.74, 6) is -2.97. The van der Waals surface area contributed by atoms with Crippen molar-refractivity contribution in [1.82, 2.24) is 0 Å². The van der Waals surface area contributed by atoms with E-state index in [1.807, 2.05) is 13.0 Å². The van der Waals surface area contributed by atoms with E-state index < -0.39 is 41.1 Å². The maximum Gasteiger partial charge on any atom is 0.318 e. The summed E-state index contributed by atoms with van der Waals surface area (Å²) in [6, 6.07) is 0. The molecule has 1 aliphatic carbocycles. The zero-order chi connectivity index (χ0) is 23.8. The van der Waals surface area contributed by atoms with E-state index in [0.717, 1.165) is 12.0 Å². The van der Waals surface area contributed by atoms with Crippen molar-refractivity contribution in [3.8, 4) is 0 Å². The third-order valence-corrected chi connectivity index (χ3v) is 6.56. The Morgan fingerprint density at radius 1 is 1.34 bits per heavy atom. The lowest BCUT2D eigenvalue weighted by atomic mass is 9.67. The minimum atomic E-state index is -1.59. The molecule has 0 aromatic rings. The molecule has 0 aromatic carbocycles. The summed E-state index contributed by atoms with van der Waals surface area (Å²) in [4.78, 5) is 38.5. The van der Waals surface area contributed by atoms with Crippen LogP contribution in [0, 0.1) is 17.8 Å². The fraction of sp³-hybridized carbons (Fsp3) is 0.480. The molecule has 1 saturated heterocycles. The molecule has 0 bridgehead atoms. The first-order valence-corrected chi connectivity index (χ1v) is 11.2. The lowest BCUT2D eigenvalue weighted by Crippen LogP contribution is -2.48. The van der Waals surface area contributed by atoms with Crippen LogP contribution in [0.4, 0.5) is 0 Å². The van der Waals surface area contributed by atoms with Gasteiger partial charge in [0.15, 0.2) is 5.60 Å². The summed E-state index contributed by atoms with van der Waals surface area (Å²) in [6.45, 7) is 9.19. The van der Waals surface area contributed by atoms with E-state index >= 15 is 0 Å². The number of carbonyl (C=O) groups is 3. The third-order valence-electron chi connectivity index (χ3n) is 6.18. The highest BCUT2D eigenvalue weighted by molar-refractivity contribution is 6.45. The van der Waals surface area contributed by atoms with E-state index in [2.05, 4.69) is 19.9 Å². The van der Waals surface area contributed by atoms with Crippen LogP contribution in [-0.2, 0) is 23.9 Å². The van der Waals surface area contributed by atoms with Gasteiger partial charge in [0, 0.05) is 17.6 Å². The summed E-state index contributed by atoms with van der Waals surface area (Å²) >= 11 is 6.41. The summed E-state index contributed by atoms with van der Waals surface area (Å²) < 4.78 is 11.2. The number of hydrogen-bond acceptors (Lipinski definition) is 6. The smallest absolute Gasteiger partial charge is 0.318 e. The van der Waals surface area contributed by atoms with Crippen molar-refractivity contribution in [1.29, 1.82) is 0 Å². The molecule has 0 saturated carbocycles. The van der Waals surface area contributed by atoms with Crippen LogP contribution in [-0.4, -0.2) is 34.3 Å². The van der Waals surface area contributed by atoms with Crippen LogP contribution >= 0.6 is 11.6 Å². The van der Waals surface area contributed by atoms with E-state index in [1.165, 1.54) is 20.1 Å². The molecule has 2 heterocycles. The van der Waals surface area contributed by atoms with Crippen LogP contribution in [0.3, 0.4) is 0 Å². The molecule has 0 amide bonds. The van der Waals surface area contributed by atoms with E-state index in [4.69, 9.17) is 21.1 Å². The Morgan fingerprint density at radius 3 is 2.66 bits per heavy atom. The lowest BCUT2D eigenvalue weighted by molar-refractivity contribution is -0.156. The predicted octanol–water partition coefficient (Wildman–Crippen LogP) is 4.30. The average molecular weight is 461 g/mol. The molecule has 172 valence electrons. The molecule has 2 aliphatic heterocycles. The second kappa shape index (κ2) is 9.20. The highest BCUT2D eigenvalue weighted by atomic mass is 35.5. The Morgan fingerprint density at radius 2 is 2.03 bits per heavy atom. The SMILES string of the molecule is CCC(C)/C=C(C)/C=C/C1=CC2=C(Cl)C(=O)C3(C)OC(=O)C(C(=O)CC(C)O)C3C2=CO1. The molecule has 5 unspecified atom stereocenters. The number of fused-ring (bicyclic) bond motifs is 3. The summed E-state index contributed by atoms with van der Waals surface area (Å²) in [5.41, 5.74) is 0.366. The Bertz CT molecular complexity index is 996. The number of ketones is 2. The highest BCUT2D eigenvalue weighted by Gasteiger charge is 2.64. The fourth-order valence-electron chi connectivity index (χ4n) is 4.34. The van der Waals surface area contributed by atoms with Crippen LogP contribution in [0.25, 0.3) is 0 Å². The van der Waals surface area contributed by atoms with Crippen LogP contribution < -0.4 is 0 Å². The number of allylic oxidation sites excluding steroid dienone is 6. The van der Waals surface area contributed by atoms with Gasteiger partial charge in [-0.1, -0.05) is 49.6 Å². The van der Waals surface area contributed by atoms with Crippen molar-refractivity contribution in [3.63, 3.8) is 0 Å². The second-order valence-electron chi connectivity index (χ2n) is 8.93. The van der Waals surface area contributed by atoms with Gasteiger partial charge in [-0.05, 0) is 38.8 Å². The number of halogens is 1. The summed E-state index contributed by atoms with van der Waals surface area (Å²) in [7, 11) is 0. The number of esters is 1. The van der Waals surface area contributed by atoms with Crippen molar-refractivity contribution in [2.45, 2.75) is 59.2 Å². The first-order chi connectivity index (χ1) is 15.0. The number of hydrogen-bond donors (Lipinski definition) is 1. The van der Waals surface area contributed by atoms with E-state index in [-0.39, 0.29) is 11.5 Å². The van der Waals surface area contributed by atoms with Gasteiger partial charge in [0.05, 0.1) is 23.3 Å². The standard InChI is InChI=1S/C25H29ClO6/c1-6-13(2)9-14(3)7-8-16-11-17-18(12-31-16)21-20(19(28)10-15(4)27)24(30)32-25(21,5)23(29)22(17)26/h7-9,11-13,15,20-21,27H,6,10H2,1-5H3/b8-7+,14-9+. The van der Waals surface area contributed by atoms with Gasteiger partial charge in [0.25, 0.3) is 0 Å². The zero-order valence-corrected chi connectivity index (χ0v) is 19.7. The Balaban J connectivity index is 1.97. The van der Waals surface area contributed by atoms with Crippen molar-refractivity contribution >= 4 is 29.1 Å². The Labute approximate surface area is 193 Å². The van der Waals surface area contributed by atoms with Gasteiger partial charge in [-0.25, -0.2) is 0 Å². The molecular formula is C25H29ClO6. The highest BCUT2D eigenvalue weighted by Crippen LogP contribution is 2.52. The number of rotatable bonds is 7. The number of aliphatic hydroxyl groups is 1. The minimum Gasteiger partial charge on any atom is -0.465 e. The van der Waals surface area contributed by atoms with Gasteiger partial charge >= 0.3 is 5.97 Å². The van der Waals surface area contributed by atoms with E-state index in [0.29, 0.717) is 22.8 Å². The van der Waals surface area contributed by atoms with Crippen molar-refractivity contribution in [3.05, 3.63) is 58.1 Å². The molecule has 3 aliphatic rings. The first-order valence-electron chi connectivity index (χ1n) is 10.8. The summed E-state index contributed by atoms with van der Waals surface area (Å²) in [6.07, 6.45) is 8.83. The van der Waals surface area contributed by atoms with Crippen LogP contribution in [0.5, 0.6) is 0 Å². The van der Waals surface area contributed by atoms with Crippen molar-refractivity contribution in [2.75, 3.05) is 0 Å². The molecular weight excluding hydrogens is 432 g/mol. The maximum atomic E-state index is 13.1. The van der Waals surface area contributed by atoms with Crippen LogP contribution in [0.1, 0.15) is 47.5 Å². The Hall–Kier alpha value is -2.44. The topological polar surface area (TPSA) is 89.9 Å². The molecule has 0 radical (unpaired) electrons. The molecule has 0 aromatic heterocycles. The van der Waals surface area contributed by atoms with Gasteiger partial charge in [0.2, 0.25) is 5.78 Å². The number of aliphatic hydroxyl groups excluding tert-OH is 1. The van der Waals surface area contributed by atoms with Gasteiger partial charge < -0.3 is 14.6 Å². The lowest BCUT2D eigenvalue weighted by Gasteiger charge is -2.36. The number of Topliss-reactive ketones (excluding diaryl/α,β-unsaturated/α-hetero) is 2. The molecule has 3 rings (SSSR count). The monoisotopic (exact) mass is 460 g/mol. The van der Waals surface area contributed by atoms with Gasteiger partial charge in [0.1, 0.15) is 17.5 Å². The molecule has 0 spiro atoms. The predicted molar refractivity (Wildman–Crippen MR) is 120 cm³/mol. The van der Waals surface area contributed by atoms with Crippen molar-refractivity contribution < 1.29 is 29.0 Å². The summed E-state index contributed by atoms with van der Waals surface area (Å²) in [5, 5.41) is 9.57. The molecule has 7 heteroatoms. The van der Waals surface area contributed by atoms with E-state index in [1.54, 1.807) is 12.2 Å². The van der Waals surface area contributed by atoms with Gasteiger partial charge in [-0.15, -0.1) is 0 Å². The Kier molecular flexibility index (Phi) is 6.96. The van der Waals surface area contributed by atoms with E-state index in [9.17, 15) is 19.5 Å². The average Bonchev–Trinajstić information content (AvgIpc) is 3.01. The maximum absolute atomic E-state index is 13.1. The zero-order valence-electron chi connectivity index (χ0n) is 19.0. The largest absolute Gasteiger partial charge is 0.465 e. The fourth-order valence-corrected chi connectivity index (χ4v) is 4.69. The molecule has 32 heavy (non-hydrogen) atoms. The van der Waals surface area contributed by atoms with Crippen molar-refractivity contribution in [2.24, 2.45) is 17.8 Å². The normalized spacial score (nSPS) is 29.7. The quantitative estimate of drug-likeness (QED) is 0.346. The minimum absolute atomic E-state index is 0.0625. The molecule has 6 nitrogen and oxygen atoms in total.